The van der Waals surface area contributed by atoms with E-state index in [9.17, 15) is 4.79 Å². The number of hydrogen-bond donors (Lipinski definition) is 0. The summed E-state index contributed by atoms with van der Waals surface area (Å²) >= 11 is 3.06. The number of thioether (sulfide) groups is 1. The van der Waals surface area contributed by atoms with Gasteiger partial charge in [-0.3, -0.25) is 13.8 Å². The van der Waals surface area contributed by atoms with E-state index in [4.69, 9.17) is 4.98 Å². The second-order valence-corrected chi connectivity index (χ2v) is 8.72. The molecule has 6 nitrogen and oxygen atoms in total. The Hall–Kier alpha value is -2.97. The van der Waals surface area contributed by atoms with Gasteiger partial charge in [-0.05, 0) is 43.7 Å². The van der Waals surface area contributed by atoms with Gasteiger partial charge in [0.1, 0.15) is 5.82 Å². The number of para-hydroxylation sites is 1. The minimum absolute atomic E-state index is 0.0561. The van der Waals surface area contributed by atoms with Crippen LogP contribution in [0.4, 0.5) is 0 Å². The van der Waals surface area contributed by atoms with E-state index in [1.165, 1.54) is 28.7 Å². The van der Waals surface area contributed by atoms with Crippen LogP contribution >= 0.6 is 23.1 Å². The molecule has 2 aromatic carbocycles. The molecule has 0 saturated carbocycles. The van der Waals surface area contributed by atoms with E-state index in [-0.39, 0.29) is 5.56 Å². The zero-order valence-electron chi connectivity index (χ0n) is 15.9. The van der Waals surface area contributed by atoms with Gasteiger partial charge in [-0.25, -0.2) is 4.98 Å². The fraction of sp³-hybridized carbons (Fsp3) is 0.143. The van der Waals surface area contributed by atoms with Gasteiger partial charge in [0.15, 0.2) is 10.1 Å². The van der Waals surface area contributed by atoms with Crippen molar-refractivity contribution in [2.24, 2.45) is 0 Å². The molecule has 0 spiro atoms. The molecule has 0 radical (unpaired) electrons. The van der Waals surface area contributed by atoms with E-state index in [2.05, 4.69) is 29.3 Å². The van der Waals surface area contributed by atoms with E-state index in [1.807, 2.05) is 47.9 Å². The fourth-order valence-corrected chi connectivity index (χ4v) is 5.28. The molecule has 0 saturated heterocycles. The smallest absolute Gasteiger partial charge is 0.259 e. The Morgan fingerprint density at radius 2 is 1.90 bits per heavy atom. The summed E-state index contributed by atoms with van der Waals surface area (Å²) in [5.74, 6) is 1.37. The van der Waals surface area contributed by atoms with Crippen molar-refractivity contribution in [3.63, 3.8) is 0 Å². The second-order valence-electron chi connectivity index (χ2n) is 6.77. The Morgan fingerprint density at radius 3 is 2.76 bits per heavy atom. The first-order valence-electron chi connectivity index (χ1n) is 9.12. The van der Waals surface area contributed by atoms with E-state index >= 15 is 0 Å². The molecule has 29 heavy (non-hydrogen) atoms. The summed E-state index contributed by atoms with van der Waals surface area (Å²) in [7, 11) is 0. The average molecular weight is 420 g/mol. The van der Waals surface area contributed by atoms with Crippen LogP contribution < -0.4 is 5.56 Å². The maximum absolute atomic E-state index is 12.7. The van der Waals surface area contributed by atoms with Gasteiger partial charge in [0.2, 0.25) is 0 Å². The molecule has 144 valence electrons. The molecule has 0 N–H and O–H groups in total. The summed E-state index contributed by atoms with van der Waals surface area (Å²) in [6.07, 6.45) is 0. The lowest BCUT2D eigenvalue weighted by molar-refractivity contribution is 0.866. The van der Waals surface area contributed by atoms with Gasteiger partial charge in [-0.2, -0.15) is 0 Å². The first-order valence-corrected chi connectivity index (χ1v) is 10.9. The van der Waals surface area contributed by atoms with Crippen LogP contribution in [0, 0.1) is 13.8 Å². The van der Waals surface area contributed by atoms with Crippen LogP contribution in [0.15, 0.2) is 64.5 Å². The zero-order valence-corrected chi connectivity index (χ0v) is 17.5. The number of rotatable bonds is 4. The van der Waals surface area contributed by atoms with Crippen molar-refractivity contribution < 1.29 is 0 Å². The topological polar surface area (TPSA) is 65.1 Å². The second kappa shape index (κ2) is 7.13. The summed E-state index contributed by atoms with van der Waals surface area (Å²) in [5, 5.41) is 9.35. The summed E-state index contributed by atoms with van der Waals surface area (Å²) in [4.78, 5) is 18.1. The monoisotopic (exact) mass is 419 g/mol. The number of aromatic nitrogens is 5. The molecular formula is C21H17N5OS2. The maximum atomic E-state index is 12.7. The van der Waals surface area contributed by atoms with Gasteiger partial charge in [0.25, 0.3) is 5.56 Å². The molecule has 0 aliphatic rings. The van der Waals surface area contributed by atoms with Crippen LogP contribution in [-0.2, 0) is 5.75 Å². The van der Waals surface area contributed by atoms with Crippen molar-refractivity contribution in [3.05, 3.63) is 82.0 Å². The van der Waals surface area contributed by atoms with Crippen molar-refractivity contribution in [2.45, 2.75) is 24.8 Å². The first kappa shape index (κ1) is 18.1. The molecule has 0 unspecified atom stereocenters. The molecule has 8 heteroatoms. The summed E-state index contributed by atoms with van der Waals surface area (Å²) < 4.78 is 4.76. The van der Waals surface area contributed by atoms with E-state index in [0.717, 1.165) is 32.6 Å². The standard InChI is InChI=1S/C21H17N5OS2/c1-13-6-5-7-16(10-13)25-14(2)23-24-21(25)28-12-15-11-19(27)26-17-8-3-4-9-18(17)29-20(26)22-15/h3-11H,12H2,1-2H3. The van der Waals surface area contributed by atoms with Crippen molar-refractivity contribution in [1.29, 1.82) is 0 Å². The van der Waals surface area contributed by atoms with Crippen LogP contribution in [0.25, 0.3) is 20.9 Å². The lowest BCUT2D eigenvalue weighted by atomic mass is 10.2. The molecule has 0 amide bonds. The lowest BCUT2D eigenvalue weighted by Gasteiger charge is -2.09. The minimum Gasteiger partial charge on any atom is -0.274 e. The Balaban J connectivity index is 1.49. The number of thiazole rings is 1. The number of nitrogens with zero attached hydrogens (tertiary/aromatic N) is 5. The van der Waals surface area contributed by atoms with Gasteiger partial charge in [-0.15, -0.1) is 10.2 Å². The normalized spacial score (nSPS) is 11.5. The molecule has 5 rings (SSSR count). The predicted octanol–water partition coefficient (Wildman–Crippen LogP) is 4.40. The van der Waals surface area contributed by atoms with Crippen molar-refractivity contribution in [1.82, 2.24) is 24.1 Å². The summed E-state index contributed by atoms with van der Waals surface area (Å²) in [5.41, 5.74) is 3.79. The Bertz CT molecular complexity index is 1420. The summed E-state index contributed by atoms with van der Waals surface area (Å²) in [6.45, 7) is 4.00. The lowest BCUT2D eigenvalue weighted by Crippen LogP contribution is -2.13. The van der Waals surface area contributed by atoms with E-state index in [1.54, 1.807) is 10.5 Å². The van der Waals surface area contributed by atoms with Crippen molar-refractivity contribution >= 4 is 38.3 Å². The van der Waals surface area contributed by atoms with Gasteiger partial charge in [-0.1, -0.05) is 47.4 Å². The zero-order chi connectivity index (χ0) is 20.0. The Kier molecular flexibility index (Phi) is 4.44. The molecule has 0 fully saturated rings. The highest BCUT2D eigenvalue weighted by Gasteiger charge is 2.14. The Morgan fingerprint density at radius 1 is 1.03 bits per heavy atom. The molecule has 0 aliphatic heterocycles. The highest BCUT2D eigenvalue weighted by molar-refractivity contribution is 7.98. The maximum Gasteiger partial charge on any atom is 0.259 e. The SMILES string of the molecule is Cc1cccc(-n2c(C)nnc2SCc2cc(=O)n3c(n2)sc2ccccc23)c1. The molecular weight excluding hydrogens is 402 g/mol. The molecule has 3 heterocycles. The quantitative estimate of drug-likeness (QED) is 0.404. The number of hydrogen-bond acceptors (Lipinski definition) is 6. The molecule has 0 atom stereocenters. The van der Waals surface area contributed by atoms with Crippen LogP contribution in [0.1, 0.15) is 17.1 Å². The predicted molar refractivity (Wildman–Crippen MR) is 117 cm³/mol. The highest BCUT2D eigenvalue weighted by atomic mass is 32.2. The van der Waals surface area contributed by atoms with Crippen molar-refractivity contribution in [2.75, 3.05) is 0 Å². The molecule has 3 aromatic heterocycles. The van der Waals surface area contributed by atoms with Gasteiger partial charge in [0.05, 0.1) is 15.9 Å². The third kappa shape index (κ3) is 3.24. The minimum atomic E-state index is -0.0561. The molecule has 0 aliphatic carbocycles. The fourth-order valence-electron chi connectivity index (χ4n) is 3.34. The highest BCUT2D eigenvalue weighted by Crippen LogP contribution is 2.27. The van der Waals surface area contributed by atoms with E-state index in [0.29, 0.717) is 10.7 Å². The van der Waals surface area contributed by atoms with Gasteiger partial charge >= 0.3 is 0 Å². The van der Waals surface area contributed by atoms with Crippen molar-refractivity contribution in [3.8, 4) is 5.69 Å². The Labute approximate surface area is 174 Å². The largest absolute Gasteiger partial charge is 0.274 e. The van der Waals surface area contributed by atoms with Crippen LogP contribution in [0.2, 0.25) is 0 Å². The first-order chi connectivity index (χ1) is 14.1. The summed E-state index contributed by atoms with van der Waals surface area (Å²) in [6, 6.07) is 17.7. The number of benzene rings is 2. The third-order valence-electron chi connectivity index (χ3n) is 4.65. The number of fused-ring (bicyclic) bond motifs is 3. The van der Waals surface area contributed by atoms with Crippen LogP contribution in [-0.4, -0.2) is 24.1 Å². The molecule has 5 aromatic rings. The van der Waals surface area contributed by atoms with Gasteiger partial charge in [0, 0.05) is 17.5 Å². The van der Waals surface area contributed by atoms with E-state index < -0.39 is 0 Å². The van der Waals surface area contributed by atoms with Crippen LogP contribution in [0.3, 0.4) is 0 Å². The number of aryl methyl sites for hydroxylation is 2. The van der Waals surface area contributed by atoms with Gasteiger partial charge < -0.3 is 0 Å². The van der Waals surface area contributed by atoms with Crippen LogP contribution in [0.5, 0.6) is 0 Å². The third-order valence-corrected chi connectivity index (χ3v) is 6.64. The average Bonchev–Trinajstić information content (AvgIpc) is 3.26. The molecule has 0 bridgehead atoms.